The van der Waals surface area contributed by atoms with Crippen LogP contribution in [0.5, 0.6) is 0 Å². The number of carbonyl (C=O) groups excluding carboxylic acids is 1. The molecule has 1 amide bonds. The van der Waals surface area contributed by atoms with Gasteiger partial charge in [0.1, 0.15) is 0 Å². The number of benzene rings is 1. The Morgan fingerprint density at radius 1 is 1.21 bits per heavy atom. The van der Waals surface area contributed by atoms with Crippen LogP contribution in [0.15, 0.2) is 47.0 Å². The highest BCUT2D eigenvalue weighted by Crippen LogP contribution is 2.29. The van der Waals surface area contributed by atoms with Gasteiger partial charge in [-0.3, -0.25) is 9.78 Å². The van der Waals surface area contributed by atoms with E-state index in [1.807, 2.05) is 48.2 Å². The summed E-state index contributed by atoms with van der Waals surface area (Å²) in [5.74, 6) is 1.10. The van der Waals surface area contributed by atoms with Crippen molar-refractivity contribution in [1.82, 2.24) is 20.1 Å². The predicted octanol–water partition coefficient (Wildman–Crippen LogP) is 3.22. The summed E-state index contributed by atoms with van der Waals surface area (Å²) in [6.45, 7) is 3.72. The number of aromatic nitrogens is 3. The van der Waals surface area contributed by atoms with Gasteiger partial charge in [0.25, 0.3) is 5.91 Å². The van der Waals surface area contributed by atoms with Crippen molar-refractivity contribution in [3.63, 3.8) is 0 Å². The number of carbonyl (C=O) groups is 1. The molecule has 1 unspecified atom stereocenters. The van der Waals surface area contributed by atoms with Crippen LogP contribution in [0, 0.1) is 6.92 Å². The van der Waals surface area contributed by atoms with Gasteiger partial charge in [0.05, 0.1) is 18.1 Å². The minimum atomic E-state index is 0.0222. The molecular weight excluding hydrogens is 356 g/mol. The van der Waals surface area contributed by atoms with Gasteiger partial charge in [0, 0.05) is 37.7 Å². The van der Waals surface area contributed by atoms with Gasteiger partial charge < -0.3 is 14.1 Å². The van der Waals surface area contributed by atoms with Crippen molar-refractivity contribution in [2.45, 2.75) is 25.9 Å². The summed E-state index contributed by atoms with van der Waals surface area (Å²) in [7, 11) is 1.65. The smallest absolute Gasteiger partial charge is 0.253 e. The Kier molecular flexibility index (Phi) is 5.16. The highest BCUT2D eigenvalue weighted by Gasteiger charge is 2.31. The number of rotatable bonds is 5. The molecule has 0 bridgehead atoms. The van der Waals surface area contributed by atoms with Gasteiger partial charge in [-0.25, -0.2) is 0 Å². The average Bonchev–Trinajstić information content (AvgIpc) is 3.39. The van der Waals surface area contributed by atoms with E-state index in [-0.39, 0.29) is 11.8 Å². The van der Waals surface area contributed by atoms with Gasteiger partial charge in [0.2, 0.25) is 11.8 Å². The van der Waals surface area contributed by atoms with Gasteiger partial charge >= 0.3 is 0 Å². The maximum absolute atomic E-state index is 12.8. The fourth-order valence-electron chi connectivity index (χ4n) is 3.35. The average molecular weight is 378 g/mol. The van der Waals surface area contributed by atoms with Gasteiger partial charge in [-0.15, -0.1) is 10.2 Å². The molecule has 4 rings (SSSR count). The minimum absolute atomic E-state index is 0.0222. The van der Waals surface area contributed by atoms with Crippen molar-refractivity contribution in [2.24, 2.45) is 0 Å². The molecule has 7 heteroatoms. The predicted molar refractivity (Wildman–Crippen MR) is 103 cm³/mol. The number of amides is 1. The second-order valence-electron chi connectivity index (χ2n) is 7.00. The van der Waals surface area contributed by atoms with Crippen molar-refractivity contribution >= 4 is 5.91 Å². The Morgan fingerprint density at radius 3 is 2.75 bits per heavy atom. The lowest BCUT2D eigenvalue weighted by Crippen LogP contribution is -2.28. The molecule has 3 aromatic rings. The first-order valence-corrected chi connectivity index (χ1v) is 9.27. The van der Waals surface area contributed by atoms with Crippen molar-refractivity contribution in [3.05, 3.63) is 65.3 Å². The highest BCUT2D eigenvalue weighted by atomic mass is 16.5. The van der Waals surface area contributed by atoms with E-state index >= 15 is 0 Å². The van der Waals surface area contributed by atoms with Crippen LogP contribution in [0.1, 0.15) is 39.8 Å². The second kappa shape index (κ2) is 7.90. The number of nitrogens with zero attached hydrogens (tertiary/aromatic N) is 4. The van der Waals surface area contributed by atoms with E-state index in [0.29, 0.717) is 37.0 Å². The Balaban J connectivity index is 1.42. The summed E-state index contributed by atoms with van der Waals surface area (Å²) in [6, 6.07) is 11.4. The fourth-order valence-corrected chi connectivity index (χ4v) is 3.35. The van der Waals surface area contributed by atoms with Crippen LogP contribution in [-0.2, 0) is 11.3 Å². The van der Waals surface area contributed by atoms with Crippen molar-refractivity contribution in [2.75, 3.05) is 20.2 Å². The van der Waals surface area contributed by atoms with Gasteiger partial charge in [-0.2, -0.15) is 0 Å². The van der Waals surface area contributed by atoms with E-state index in [1.165, 1.54) is 0 Å². The van der Waals surface area contributed by atoms with E-state index in [0.717, 1.165) is 23.2 Å². The van der Waals surface area contributed by atoms with Gasteiger partial charge in [-0.05, 0) is 43.2 Å². The third kappa shape index (κ3) is 3.80. The standard InChI is InChI=1S/C21H22N4O3/c1-14-3-6-17(11-22-14)19-23-24-20(28-19)18-9-10-25(12-18)21(26)16-7-4-15(5-8-16)13-27-2/h3-8,11,18H,9-10,12-13H2,1-2H3. The molecule has 1 aliphatic heterocycles. The number of methoxy groups -OCH3 is 1. The Bertz CT molecular complexity index is 951. The van der Waals surface area contributed by atoms with E-state index in [9.17, 15) is 4.79 Å². The number of aryl methyl sites for hydroxylation is 1. The van der Waals surface area contributed by atoms with Crippen LogP contribution >= 0.6 is 0 Å². The zero-order valence-corrected chi connectivity index (χ0v) is 16.0. The lowest BCUT2D eigenvalue weighted by Gasteiger charge is -2.16. The molecule has 0 aliphatic carbocycles. The molecule has 1 atom stereocenters. The lowest BCUT2D eigenvalue weighted by molar-refractivity contribution is 0.0790. The molecule has 0 saturated carbocycles. The summed E-state index contributed by atoms with van der Waals surface area (Å²) in [5, 5.41) is 8.34. The van der Waals surface area contributed by atoms with Gasteiger partial charge in [-0.1, -0.05) is 12.1 Å². The number of hydrogen-bond donors (Lipinski definition) is 0. The normalized spacial score (nSPS) is 16.5. The molecule has 1 fully saturated rings. The monoisotopic (exact) mass is 378 g/mol. The largest absolute Gasteiger partial charge is 0.420 e. The Labute approximate surface area is 163 Å². The third-order valence-corrected chi connectivity index (χ3v) is 4.94. The van der Waals surface area contributed by atoms with E-state index < -0.39 is 0 Å². The molecule has 7 nitrogen and oxygen atoms in total. The zero-order valence-electron chi connectivity index (χ0n) is 16.0. The minimum Gasteiger partial charge on any atom is -0.420 e. The van der Waals surface area contributed by atoms with Crippen LogP contribution < -0.4 is 0 Å². The van der Waals surface area contributed by atoms with Crippen molar-refractivity contribution in [1.29, 1.82) is 0 Å². The summed E-state index contributed by atoms with van der Waals surface area (Å²) in [6.07, 6.45) is 2.53. The summed E-state index contributed by atoms with van der Waals surface area (Å²) in [5.41, 5.74) is 3.45. The topological polar surface area (TPSA) is 81.4 Å². The number of pyridine rings is 1. The quantitative estimate of drug-likeness (QED) is 0.678. The molecule has 2 aromatic heterocycles. The fraction of sp³-hybridized carbons (Fsp3) is 0.333. The number of likely N-dealkylation sites (tertiary alicyclic amines) is 1. The molecule has 1 aliphatic rings. The van der Waals surface area contributed by atoms with Crippen LogP contribution in [0.3, 0.4) is 0 Å². The first kappa shape index (κ1) is 18.3. The molecule has 3 heterocycles. The Hall–Kier alpha value is -3.06. The zero-order chi connectivity index (χ0) is 19.5. The first-order chi connectivity index (χ1) is 13.6. The van der Waals surface area contributed by atoms with Gasteiger partial charge in [0.15, 0.2) is 0 Å². The Morgan fingerprint density at radius 2 is 2.04 bits per heavy atom. The van der Waals surface area contributed by atoms with Crippen LogP contribution in [0.2, 0.25) is 0 Å². The highest BCUT2D eigenvalue weighted by molar-refractivity contribution is 5.94. The molecule has 0 radical (unpaired) electrons. The van der Waals surface area contributed by atoms with E-state index in [1.54, 1.807) is 13.3 Å². The first-order valence-electron chi connectivity index (χ1n) is 9.27. The van der Waals surface area contributed by atoms with Crippen molar-refractivity contribution < 1.29 is 13.9 Å². The van der Waals surface area contributed by atoms with Crippen molar-refractivity contribution in [3.8, 4) is 11.5 Å². The maximum Gasteiger partial charge on any atom is 0.253 e. The molecule has 144 valence electrons. The molecular formula is C21H22N4O3. The SMILES string of the molecule is COCc1ccc(C(=O)N2CCC(c3nnc(-c4ccc(C)nc4)o3)C2)cc1. The molecule has 0 N–H and O–H groups in total. The van der Waals surface area contributed by atoms with E-state index in [2.05, 4.69) is 15.2 Å². The molecule has 1 aromatic carbocycles. The second-order valence-corrected chi connectivity index (χ2v) is 7.00. The molecule has 1 saturated heterocycles. The summed E-state index contributed by atoms with van der Waals surface area (Å²) < 4.78 is 11.0. The summed E-state index contributed by atoms with van der Waals surface area (Å²) in [4.78, 5) is 18.9. The third-order valence-electron chi connectivity index (χ3n) is 4.94. The molecule has 28 heavy (non-hydrogen) atoms. The van der Waals surface area contributed by atoms with Crippen LogP contribution in [-0.4, -0.2) is 46.2 Å². The number of hydrogen-bond acceptors (Lipinski definition) is 6. The maximum atomic E-state index is 12.8. The van der Waals surface area contributed by atoms with Crippen LogP contribution in [0.25, 0.3) is 11.5 Å². The number of ether oxygens (including phenoxy) is 1. The lowest BCUT2D eigenvalue weighted by atomic mass is 10.1. The van der Waals surface area contributed by atoms with E-state index in [4.69, 9.17) is 9.15 Å². The molecule has 0 spiro atoms. The van der Waals surface area contributed by atoms with Crippen LogP contribution in [0.4, 0.5) is 0 Å². The summed E-state index contributed by atoms with van der Waals surface area (Å²) >= 11 is 0.